The summed E-state index contributed by atoms with van der Waals surface area (Å²) >= 11 is 6.18. The van der Waals surface area contributed by atoms with Crippen molar-refractivity contribution >= 4 is 23.5 Å². The van der Waals surface area contributed by atoms with Gasteiger partial charge in [0.2, 0.25) is 0 Å². The third kappa shape index (κ3) is 2.84. The number of carbonyl (C=O) groups excluding carboxylic acids is 1. The summed E-state index contributed by atoms with van der Waals surface area (Å²) in [4.78, 5) is 26.0. The van der Waals surface area contributed by atoms with Crippen molar-refractivity contribution in [1.82, 2.24) is 14.7 Å². The molecule has 7 heteroatoms. The summed E-state index contributed by atoms with van der Waals surface area (Å²) in [5.74, 6) is -1.11. The van der Waals surface area contributed by atoms with E-state index in [2.05, 4.69) is 5.10 Å². The molecule has 0 aromatic carbocycles. The van der Waals surface area contributed by atoms with Crippen molar-refractivity contribution in [1.29, 1.82) is 0 Å². The fourth-order valence-electron chi connectivity index (χ4n) is 3.14. The number of aliphatic carboxylic acids is 1. The van der Waals surface area contributed by atoms with E-state index in [1.807, 2.05) is 6.92 Å². The maximum absolute atomic E-state index is 12.7. The summed E-state index contributed by atoms with van der Waals surface area (Å²) < 4.78 is 1.57. The number of hydrogen-bond donors (Lipinski definition) is 1. The summed E-state index contributed by atoms with van der Waals surface area (Å²) in [7, 11) is 1.73. The third-order valence-corrected chi connectivity index (χ3v) is 4.96. The SMILES string of the molecule is CCC[C@@]1(C(=O)O)CCCN(C(=O)c2nn(C)c(C)c2Cl)C1. The monoisotopic (exact) mass is 327 g/mol. The Balaban J connectivity index is 2.26. The van der Waals surface area contributed by atoms with E-state index < -0.39 is 11.4 Å². The molecule has 1 aliphatic heterocycles. The molecule has 1 amide bonds. The van der Waals surface area contributed by atoms with Crippen LogP contribution < -0.4 is 0 Å². The molecule has 1 aromatic rings. The number of likely N-dealkylation sites (tertiary alicyclic amines) is 1. The van der Waals surface area contributed by atoms with E-state index in [0.29, 0.717) is 30.8 Å². The zero-order valence-electron chi connectivity index (χ0n) is 13.2. The molecule has 22 heavy (non-hydrogen) atoms. The molecule has 6 nitrogen and oxygen atoms in total. The molecule has 122 valence electrons. The van der Waals surface area contributed by atoms with Crippen LogP contribution in [0.1, 0.15) is 48.8 Å². The van der Waals surface area contributed by atoms with Crippen LogP contribution in [0, 0.1) is 12.3 Å². The van der Waals surface area contributed by atoms with E-state index in [0.717, 1.165) is 12.1 Å². The molecule has 2 heterocycles. The molecule has 1 aliphatic rings. The molecular weight excluding hydrogens is 306 g/mol. The molecular formula is C15H22ClN3O3. The average molecular weight is 328 g/mol. The number of carbonyl (C=O) groups is 2. The Morgan fingerprint density at radius 2 is 2.14 bits per heavy atom. The average Bonchev–Trinajstić information content (AvgIpc) is 2.74. The quantitative estimate of drug-likeness (QED) is 0.921. The van der Waals surface area contributed by atoms with Gasteiger partial charge in [-0.15, -0.1) is 0 Å². The molecule has 0 aliphatic carbocycles. The number of hydrogen-bond acceptors (Lipinski definition) is 3. The molecule has 1 N–H and O–H groups in total. The molecule has 1 aromatic heterocycles. The Morgan fingerprint density at radius 1 is 1.45 bits per heavy atom. The van der Waals surface area contributed by atoms with Crippen LogP contribution in [0.4, 0.5) is 0 Å². The van der Waals surface area contributed by atoms with E-state index in [-0.39, 0.29) is 18.1 Å². The summed E-state index contributed by atoms with van der Waals surface area (Å²) in [6.45, 7) is 4.52. The van der Waals surface area contributed by atoms with Crippen molar-refractivity contribution in [2.24, 2.45) is 12.5 Å². The number of aryl methyl sites for hydroxylation is 1. The van der Waals surface area contributed by atoms with Gasteiger partial charge in [0, 0.05) is 20.1 Å². The standard InChI is InChI=1S/C15H22ClN3O3/c1-4-6-15(14(21)22)7-5-8-19(9-15)13(20)12-11(16)10(2)18(3)17-12/h4-9H2,1-3H3,(H,21,22)/t15-/m1/s1. The van der Waals surface area contributed by atoms with Crippen molar-refractivity contribution in [3.8, 4) is 0 Å². The predicted octanol–water partition coefficient (Wildman–Crippen LogP) is 2.49. The molecule has 0 radical (unpaired) electrons. The molecule has 0 unspecified atom stereocenters. The van der Waals surface area contributed by atoms with Crippen LogP contribution in [-0.2, 0) is 11.8 Å². The van der Waals surface area contributed by atoms with Crippen LogP contribution in [0.3, 0.4) is 0 Å². The number of amides is 1. The van der Waals surface area contributed by atoms with E-state index in [4.69, 9.17) is 11.6 Å². The Labute approximate surface area is 135 Å². The van der Waals surface area contributed by atoms with Crippen molar-refractivity contribution in [2.75, 3.05) is 13.1 Å². The number of carboxylic acid groups (broad SMARTS) is 1. The lowest BCUT2D eigenvalue weighted by Gasteiger charge is -2.39. The number of halogens is 1. The first-order chi connectivity index (χ1) is 10.3. The zero-order valence-corrected chi connectivity index (χ0v) is 14.0. The highest BCUT2D eigenvalue weighted by molar-refractivity contribution is 6.34. The maximum atomic E-state index is 12.7. The second-order valence-electron chi connectivity index (χ2n) is 6.04. The summed E-state index contributed by atoms with van der Waals surface area (Å²) in [6.07, 6.45) is 2.63. The molecule has 0 saturated carbocycles. The lowest BCUT2D eigenvalue weighted by atomic mass is 9.76. The minimum atomic E-state index is -0.848. The van der Waals surface area contributed by atoms with Gasteiger partial charge in [0.05, 0.1) is 16.1 Å². The van der Waals surface area contributed by atoms with E-state index >= 15 is 0 Å². The van der Waals surface area contributed by atoms with E-state index in [9.17, 15) is 14.7 Å². The third-order valence-electron chi connectivity index (χ3n) is 4.51. The maximum Gasteiger partial charge on any atom is 0.311 e. The lowest BCUT2D eigenvalue weighted by molar-refractivity contribution is -0.152. The van der Waals surface area contributed by atoms with Crippen LogP contribution >= 0.6 is 11.6 Å². The van der Waals surface area contributed by atoms with Gasteiger partial charge in [-0.2, -0.15) is 5.10 Å². The van der Waals surface area contributed by atoms with Gasteiger partial charge in [0.1, 0.15) is 0 Å². The van der Waals surface area contributed by atoms with Crippen LogP contribution in [-0.4, -0.2) is 44.8 Å². The van der Waals surface area contributed by atoms with Gasteiger partial charge in [-0.25, -0.2) is 0 Å². The molecule has 2 rings (SSSR count). The number of piperidine rings is 1. The molecule has 0 spiro atoms. The Kier molecular flexibility index (Phi) is 4.80. The Hall–Kier alpha value is -1.56. The van der Waals surface area contributed by atoms with E-state index in [1.54, 1.807) is 23.6 Å². The van der Waals surface area contributed by atoms with Gasteiger partial charge < -0.3 is 10.0 Å². The molecule has 1 saturated heterocycles. The van der Waals surface area contributed by atoms with Crippen LogP contribution in [0.15, 0.2) is 0 Å². The Morgan fingerprint density at radius 3 is 2.64 bits per heavy atom. The predicted molar refractivity (Wildman–Crippen MR) is 83.1 cm³/mol. The van der Waals surface area contributed by atoms with Gasteiger partial charge in [-0.1, -0.05) is 24.9 Å². The smallest absolute Gasteiger partial charge is 0.311 e. The number of nitrogens with zero attached hydrogens (tertiary/aromatic N) is 3. The first kappa shape index (κ1) is 16.8. The lowest BCUT2D eigenvalue weighted by Crippen LogP contribution is -2.50. The molecule has 1 fully saturated rings. The topological polar surface area (TPSA) is 75.4 Å². The van der Waals surface area contributed by atoms with Gasteiger partial charge >= 0.3 is 5.97 Å². The molecule has 1 atom stereocenters. The van der Waals surface area contributed by atoms with Crippen LogP contribution in [0.25, 0.3) is 0 Å². The summed E-state index contributed by atoms with van der Waals surface area (Å²) in [6, 6.07) is 0. The number of rotatable bonds is 4. The van der Waals surface area contributed by atoms with Gasteiger partial charge in [0.25, 0.3) is 5.91 Å². The second-order valence-corrected chi connectivity index (χ2v) is 6.42. The fraction of sp³-hybridized carbons (Fsp3) is 0.667. The van der Waals surface area contributed by atoms with Crippen molar-refractivity contribution in [3.05, 3.63) is 16.4 Å². The van der Waals surface area contributed by atoms with Crippen LogP contribution in [0.2, 0.25) is 5.02 Å². The van der Waals surface area contributed by atoms with Gasteiger partial charge in [-0.05, 0) is 26.2 Å². The highest BCUT2D eigenvalue weighted by Crippen LogP contribution is 2.36. The van der Waals surface area contributed by atoms with Gasteiger partial charge in [-0.3, -0.25) is 14.3 Å². The normalized spacial score (nSPS) is 21.9. The van der Waals surface area contributed by atoms with Crippen LogP contribution in [0.5, 0.6) is 0 Å². The van der Waals surface area contributed by atoms with Gasteiger partial charge in [0.15, 0.2) is 5.69 Å². The minimum absolute atomic E-state index is 0.208. The Bertz CT molecular complexity index is 595. The summed E-state index contributed by atoms with van der Waals surface area (Å²) in [5.41, 5.74) is 0.0818. The number of aromatic nitrogens is 2. The largest absolute Gasteiger partial charge is 0.481 e. The molecule has 0 bridgehead atoms. The number of carboxylic acids is 1. The first-order valence-corrected chi connectivity index (χ1v) is 7.92. The van der Waals surface area contributed by atoms with E-state index in [1.165, 1.54) is 0 Å². The summed E-state index contributed by atoms with van der Waals surface area (Å²) in [5, 5.41) is 14.1. The first-order valence-electron chi connectivity index (χ1n) is 7.54. The highest BCUT2D eigenvalue weighted by atomic mass is 35.5. The van der Waals surface area contributed by atoms with Crippen molar-refractivity contribution in [3.63, 3.8) is 0 Å². The zero-order chi connectivity index (χ0) is 16.5. The van der Waals surface area contributed by atoms with Crippen molar-refractivity contribution in [2.45, 2.75) is 39.5 Å². The highest BCUT2D eigenvalue weighted by Gasteiger charge is 2.43. The minimum Gasteiger partial charge on any atom is -0.481 e. The van der Waals surface area contributed by atoms with Crippen molar-refractivity contribution < 1.29 is 14.7 Å². The second kappa shape index (κ2) is 6.28. The fourth-order valence-corrected chi connectivity index (χ4v) is 3.38.